The average Bonchev–Trinajstić information content (AvgIpc) is 2.40. The molecule has 1 aromatic rings. The molecule has 0 aliphatic heterocycles. The van der Waals surface area contributed by atoms with Gasteiger partial charge in [0, 0.05) is 6.04 Å². The van der Waals surface area contributed by atoms with E-state index in [-0.39, 0.29) is 0 Å². The second-order valence-electron chi connectivity index (χ2n) is 6.62. The largest absolute Gasteiger partial charge is 0.385 e. The summed E-state index contributed by atoms with van der Waals surface area (Å²) in [5.74, 6) is 0.747. The first-order chi connectivity index (χ1) is 9.71. The number of rotatable bonds is 4. The van der Waals surface area contributed by atoms with E-state index in [0.717, 1.165) is 43.7 Å². The van der Waals surface area contributed by atoms with Gasteiger partial charge in [0.05, 0.1) is 5.60 Å². The summed E-state index contributed by atoms with van der Waals surface area (Å²) in [5, 5.41) is 14.5. The third-order valence-electron chi connectivity index (χ3n) is 5.31. The molecular formula is C18H27NO. The van der Waals surface area contributed by atoms with Crippen LogP contribution in [-0.4, -0.2) is 17.7 Å². The fraction of sp³-hybridized carbons (Fsp3) is 0.667. The van der Waals surface area contributed by atoms with Crippen LogP contribution in [0.25, 0.3) is 0 Å². The van der Waals surface area contributed by atoms with Crippen LogP contribution in [0, 0.1) is 0 Å². The van der Waals surface area contributed by atoms with E-state index in [1.165, 1.54) is 24.8 Å². The van der Waals surface area contributed by atoms with Gasteiger partial charge >= 0.3 is 0 Å². The minimum absolute atomic E-state index is 0.592. The minimum Gasteiger partial charge on any atom is -0.385 e. The first-order valence-corrected chi connectivity index (χ1v) is 8.27. The molecule has 2 fully saturated rings. The Morgan fingerprint density at radius 2 is 1.95 bits per heavy atom. The van der Waals surface area contributed by atoms with Crippen LogP contribution in [0.4, 0.5) is 0 Å². The summed E-state index contributed by atoms with van der Waals surface area (Å²) in [6, 6.07) is 9.36. The summed E-state index contributed by atoms with van der Waals surface area (Å²) in [6.07, 6.45) is 7.95. The summed E-state index contributed by atoms with van der Waals surface area (Å²) in [6.45, 7) is 3.18. The van der Waals surface area contributed by atoms with Crippen LogP contribution in [0.2, 0.25) is 0 Å². The van der Waals surface area contributed by atoms with Gasteiger partial charge in [-0.05, 0) is 62.1 Å². The van der Waals surface area contributed by atoms with Crippen molar-refractivity contribution in [2.75, 3.05) is 6.54 Å². The van der Waals surface area contributed by atoms with Gasteiger partial charge in [-0.25, -0.2) is 0 Å². The third-order valence-corrected chi connectivity index (χ3v) is 5.31. The molecule has 1 aromatic carbocycles. The highest BCUT2D eigenvalue weighted by atomic mass is 16.3. The topological polar surface area (TPSA) is 32.3 Å². The molecule has 110 valence electrons. The monoisotopic (exact) mass is 273 g/mol. The summed E-state index contributed by atoms with van der Waals surface area (Å²) < 4.78 is 0. The van der Waals surface area contributed by atoms with Crippen LogP contribution in [-0.2, 0) is 5.60 Å². The van der Waals surface area contributed by atoms with Crippen molar-refractivity contribution in [3.8, 4) is 0 Å². The van der Waals surface area contributed by atoms with Gasteiger partial charge in [-0.2, -0.15) is 0 Å². The van der Waals surface area contributed by atoms with Crippen LogP contribution in [0.5, 0.6) is 0 Å². The molecule has 2 heteroatoms. The number of hydrogen-bond donors (Lipinski definition) is 2. The highest BCUT2D eigenvalue weighted by molar-refractivity contribution is 5.31. The molecule has 0 unspecified atom stereocenters. The molecular weight excluding hydrogens is 246 g/mol. The molecule has 2 aliphatic carbocycles. The van der Waals surface area contributed by atoms with E-state index in [2.05, 4.69) is 36.5 Å². The first kappa shape index (κ1) is 14.1. The summed E-state index contributed by atoms with van der Waals surface area (Å²) >= 11 is 0. The predicted octanol–water partition coefficient (Wildman–Crippen LogP) is 3.69. The molecule has 2 saturated carbocycles. The maximum Gasteiger partial charge on any atom is 0.0897 e. The molecule has 2 N–H and O–H groups in total. The lowest BCUT2D eigenvalue weighted by Crippen LogP contribution is -2.39. The molecule has 0 spiro atoms. The SMILES string of the molecule is CCNC1CCC(O)(c2cccc(C3CCC3)c2)CC1. The second kappa shape index (κ2) is 5.87. The lowest BCUT2D eigenvalue weighted by atomic mass is 9.75. The smallest absolute Gasteiger partial charge is 0.0897 e. The van der Waals surface area contributed by atoms with Crippen molar-refractivity contribution in [3.63, 3.8) is 0 Å². The number of hydrogen-bond acceptors (Lipinski definition) is 2. The van der Waals surface area contributed by atoms with Crippen LogP contribution in [0.15, 0.2) is 24.3 Å². The van der Waals surface area contributed by atoms with Crippen molar-refractivity contribution in [1.82, 2.24) is 5.32 Å². The zero-order valence-electron chi connectivity index (χ0n) is 12.6. The van der Waals surface area contributed by atoms with E-state index >= 15 is 0 Å². The van der Waals surface area contributed by atoms with E-state index in [1.807, 2.05) is 0 Å². The van der Waals surface area contributed by atoms with Gasteiger partial charge in [-0.3, -0.25) is 0 Å². The molecule has 20 heavy (non-hydrogen) atoms. The van der Waals surface area contributed by atoms with E-state index in [1.54, 1.807) is 0 Å². The minimum atomic E-state index is -0.592. The van der Waals surface area contributed by atoms with E-state index in [9.17, 15) is 5.11 Å². The first-order valence-electron chi connectivity index (χ1n) is 8.27. The normalized spacial score (nSPS) is 31.0. The van der Waals surface area contributed by atoms with Gasteiger partial charge in [0.15, 0.2) is 0 Å². The van der Waals surface area contributed by atoms with Crippen molar-refractivity contribution in [2.45, 2.75) is 69.4 Å². The molecule has 0 saturated heterocycles. The van der Waals surface area contributed by atoms with Crippen molar-refractivity contribution in [2.24, 2.45) is 0 Å². The van der Waals surface area contributed by atoms with Gasteiger partial charge < -0.3 is 10.4 Å². The van der Waals surface area contributed by atoms with E-state index < -0.39 is 5.60 Å². The molecule has 2 nitrogen and oxygen atoms in total. The second-order valence-corrected chi connectivity index (χ2v) is 6.62. The van der Waals surface area contributed by atoms with Crippen molar-refractivity contribution >= 4 is 0 Å². The average molecular weight is 273 g/mol. The van der Waals surface area contributed by atoms with E-state index in [0.29, 0.717) is 6.04 Å². The predicted molar refractivity (Wildman–Crippen MR) is 82.9 cm³/mol. The molecule has 0 bridgehead atoms. The maximum atomic E-state index is 11.0. The van der Waals surface area contributed by atoms with Crippen molar-refractivity contribution in [1.29, 1.82) is 0 Å². The molecule has 0 amide bonds. The Bertz CT molecular complexity index is 444. The summed E-state index contributed by atoms with van der Waals surface area (Å²) in [7, 11) is 0. The number of benzene rings is 1. The summed E-state index contributed by atoms with van der Waals surface area (Å²) in [4.78, 5) is 0. The Kier molecular flexibility index (Phi) is 4.13. The van der Waals surface area contributed by atoms with Gasteiger partial charge in [-0.15, -0.1) is 0 Å². The number of aliphatic hydroxyl groups is 1. The zero-order chi connectivity index (χ0) is 14.0. The summed E-state index contributed by atoms with van der Waals surface area (Å²) in [5.41, 5.74) is 2.00. The molecule has 2 aliphatic rings. The van der Waals surface area contributed by atoms with Gasteiger partial charge in [0.1, 0.15) is 0 Å². The maximum absolute atomic E-state index is 11.0. The Labute approximate surface area is 122 Å². The molecule has 0 atom stereocenters. The molecule has 3 rings (SSSR count). The highest BCUT2D eigenvalue weighted by Gasteiger charge is 2.35. The fourth-order valence-electron chi connectivity index (χ4n) is 3.70. The van der Waals surface area contributed by atoms with Crippen LogP contribution >= 0.6 is 0 Å². The van der Waals surface area contributed by atoms with Crippen molar-refractivity contribution < 1.29 is 5.11 Å². The van der Waals surface area contributed by atoms with Crippen molar-refractivity contribution in [3.05, 3.63) is 35.4 Å². The quantitative estimate of drug-likeness (QED) is 0.877. The fourth-order valence-corrected chi connectivity index (χ4v) is 3.70. The van der Waals surface area contributed by atoms with Crippen LogP contribution in [0.1, 0.15) is 68.9 Å². The lowest BCUT2D eigenvalue weighted by molar-refractivity contribution is -0.00825. The zero-order valence-corrected chi connectivity index (χ0v) is 12.6. The van der Waals surface area contributed by atoms with E-state index in [4.69, 9.17) is 0 Å². The molecule has 0 aromatic heterocycles. The van der Waals surface area contributed by atoms with Gasteiger partial charge in [0.2, 0.25) is 0 Å². The standard InChI is InChI=1S/C18H27NO/c1-2-19-17-9-11-18(20,12-10-17)16-8-4-7-15(13-16)14-5-3-6-14/h4,7-8,13-14,17,19-20H,2-3,5-6,9-12H2,1H3. The van der Waals surface area contributed by atoms with Gasteiger partial charge in [0.25, 0.3) is 0 Å². The number of nitrogens with one attached hydrogen (secondary N) is 1. The Morgan fingerprint density at radius 3 is 2.55 bits per heavy atom. The Balaban J connectivity index is 1.71. The van der Waals surface area contributed by atoms with Crippen LogP contribution in [0.3, 0.4) is 0 Å². The van der Waals surface area contributed by atoms with Crippen LogP contribution < -0.4 is 5.32 Å². The van der Waals surface area contributed by atoms with Gasteiger partial charge in [-0.1, -0.05) is 37.6 Å². The molecule has 0 radical (unpaired) electrons. The highest BCUT2D eigenvalue weighted by Crippen LogP contribution is 2.41. The lowest BCUT2D eigenvalue weighted by Gasteiger charge is -2.37. The Morgan fingerprint density at radius 1 is 1.20 bits per heavy atom. The Hall–Kier alpha value is -0.860. The third kappa shape index (κ3) is 2.77. The molecule has 0 heterocycles.